The van der Waals surface area contributed by atoms with Crippen LogP contribution in [0.4, 0.5) is 0 Å². The Labute approximate surface area is 128 Å². The van der Waals surface area contributed by atoms with Crippen molar-refractivity contribution in [3.8, 4) is 5.75 Å². The second kappa shape index (κ2) is 6.99. The number of hydrogen-bond donors (Lipinski definition) is 1. The van der Waals surface area contributed by atoms with Crippen molar-refractivity contribution in [3.63, 3.8) is 0 Å². The number of nitrogens with one attached hydrogen (secondary N) is 1. The molecule has 1 heterocycles. The minimum Gasteiger partial charge on any atom is -0.494 e. The van der Waals surface area contributed by atoms with E-state index in [9.17, 15) is 0 Å². The molecular formula is C18H28N2O. The number of aromatic nitrogens is 1. The van der Waals surface area contributed by atoms with Gasteiger partial charge in [-0.15, -0.1) is 0 Å². The molecule has 0 fully saturated rings. The van der Waals surface area contributed by atoms with Gasteiger partial charge in [-0.3, -0.25) is 0 Å². The minimum absolute atomic E-state index is 0.490. The molecule has 0 aliphatic heterocycles. The van der Waals surface area contributed by atoms with Crippen molar-refractivity contribution < 1.29 is 4.74 Å². The van der Waals surface area contributed by atoms with Crippen molar-refractivity contribution in [2.75, 3.05) is 6.61 Å². The molecule has 21 heavy (non-hydrogen) atoms. The summed E-state index contributed by atoms with van der Waals surface area (Å²) in [6, 6.07) is 6.96. The van der Waals surface area contributed by atoms with E-state index in [-0.39, 0.29) is 0 Å². The van der Waals surface area contributed by atoms with E-state index in [4.69, 9.17) is 4.74 Å². The Morgan fingerprint density at radius 3 is 2.62 bits per heavy atom. The third-order valence-corrected chi connectivity index (χ3v) is 3.87. The molecule has 0 atom stereocenters. The molecule has 0 unspecified atom stereocenters. The van der Waals surface area contributed by atoms with Crippen LogP contribution in [-0.2, 0) is 13.1 Å². The summed E-state index contributed by atoms with van der Waals surface area (Å²) >= 11 is 0. The lowest BCUT2D eigenvalue weighted by molar-refractivity contribution is 0.340. The molecule has 0 bridgehead atoms. The number of ether oxygens (including phenoxy) is 1. The number of rotatable bonds is 7. The summed E-state index contributed by atoms with van der Waals surface area (Å²) in [5, 5.41) is 4.87. The van der Waals surface area contributed by atoms with Crippen molar-refractivity contribution in [3.05, 3.63) is 29.5 Å². The molecule has 0 aliphatic carbocycles. The first kappa shape index (κ1) is 15.9. The third kappa shape index (κ3) is 3.41. The van der Waals surface area contributed by atoms with Crippen LogP contribution in [0.5, 0.6) is 5.75 Å². The van der Waals surface area contributed by atoms with Gasteiger partial charge in [0.1, 0.15) is 5.75 Å². The van der Waals surface area contributed by atoms with Gasteiger partial charge in [-0.1, -0.05) is 20.8 Å². The zero-order chi connectivity index (χ0) is 15.4. The van der Waals surface area contributed by atoms with Gasteiger partial charge < -0.3 is 14.6 Å². The Balaban J connectivity index is 2.51. The maximum atomic E-state index is 5.67. The summed E-state index contributed by atoms with van der Waals surface area (Å²) in [5.41, 5.74) is 4.08. The second-order valence-corrected chi connectivity index (χ2v) is 5.86. The Hall–Kier alpha value is -1.48. The summed E-state index contributed by atoms with van der Waals surface area (Å²) in [4.78, 5) is 0. The predicted molar refractivity (Wildman–Crippen MR) is 90.1 cm³/mol. The van der Waals surface area contributed by atoms with Crippen molar-refractivity contribution in [1.82, 2.24) is 9.88 Å². The summed E-state index contributed by atoms with van der Waals surface area (Å²) < 4.78 is 8.11. The zero-order valence-corrected chi connectivity index (χ0v) is 14.0. The fraction of sp³-hybridized carbons (Fsp3) is 0.556. The quantitative estimate of drug-likeness (QED) is 0.824. The van der Waals surface area contributed by atoms with Crippen LogP contribution in [-0.4, -0.2) is 17.2 Å². The Morgan fingerprint density at radius 1 is 1.24 bits per heavy atom. The molecule has 3 nitrogen and oxygen atoms in total. The van der Waals surface area contributed by atoms with Crippen LogP contribution in [0.2, 0.25) is 0 Å². The number of hydrogen-bond acceptors (Lipinski definition) is 2. The van der Waals surface area contributed by atoms with Gasteiger partial charge in [0.05, 0.1) is 6.61 Å². The Morgan fingerprint density at radius 2 is 2.00 bits per heavy atom. The minimum atomic E-state index is 0.490. The van der Waals surface area contributed by atoms with Crippen molar-refractivity contribution >= 4 is 10.9 Å². The molecule has 1 aromatic heterocycles. The van der Waals surface area contributed by atoms with Gasteiger partial charge in [-0.25, -0.2) is 0 Å². The number of aryl methyl sites for hydroxylation is 1. The molecular weight excluding hydrogens is 260 g/mol. The van der Waals surface area contributed by atoms with Gasteiger partial charge in [0.25, 0.3) is 0 Å². The van der Waals surface area contributed by atoms with E-state index in [0.717, 1.165) is 25.3 Å². The highest BCUT2D eigenvalue weighted by Crippen LogP contribution is 2.29. The smallest absolute Gasteiger partial charge is 0.120 e. The fourth-order valence-corrected chi connectivity index (χ4v) is 2.83. The van der Waals surface area contributed by atoms with E-state index < -0.39 is 0 Å². The molecule has 0 spiro atoms. The van der Waals surface area contributed by atoms with Crippen LogP contribution < -0.4 is 10.1 Å². The van der Waals surface area contributed by atoms with Crippen LogP contribution in [0.3, 0.4) is 0 Å². The summed E-state index contributed by atoms with van der Waals surface area (Å²) in [6.45, 7) is 13.5. The first-order chi connectivity index (χ1) is 10.1. The van der Waals surface area contributed by atoms with E-state index >= 15 is 0 Å². The maximum absolute atomic E-state index is 5.67. The molecule has 2 rings (SSSR count). The van der Waals surface area contributed by atoms with Crippen LogP contribution in [0.1, 0.15) is 45.4 Å². The monoisotopic (exact) mass is 288 g/mol. The van der Waals surface area contributed by atoms with E-state index in [1.165, 1.54) is 22.2 Å². The van der Waals surface area contributed by atoms with Gasteiger partial charge in [0, 0.05) is 35.7 Å². The standard InChI is InChI=1S/C18H28N2O/c1-6-10-20-14(5)17(12-19-13(3)4)16-11-15(21-7-2)8-9-18(16)20/h8-9,11,13,19H,6-7,10,12H2,1-5H3. The zero-order valence-electron chi connectivity index (χ0n) is 14.0. The lowest BCUT2D eigenvalue weighted by Gasteiger charge is -2.09. The highest BCUT2D eigenvalue weighted by atomic mass is 16.5. The topological polar surface area (TPSA) is 26.2 Å². The SMILES string of the molecule is CCCn1c(C)c(CNC(C)C)c2cc(OCC)ccc21. The molecule has 0 amide bonds. The third-order valence-electron chi connectivity index (χ3n) is 3.87. The molecule has 2 aromatic rings. The fourth-order valence-electron chi connectivity index (χ4n) is 2.83. The van der Waals surface area contributed by atoms with Crippen LogP contribution in [0.25, 0.3) is 10.9 Å². The summed E-state index contributed by atoms with van der Waals surface area (Å²) in [7, 11) is 0. The van der Waals surface area contributed by atoms with Crippen molar-refractivity contribution in [2.45, 2.75) is 60.2 Å². The normalized spacial score (nSPS) is 11.5. The molecule has 0 aliphatic rings. The number of fused-ring (bicyclic) bond motifs is 1. The van der Waals surface area contributed by atoms with Crippen molar-refractivity contribution in [1.29, 1.82) is 0 Å². The summed E-state index contributed by atoms with van der Waals surface area (Å²) in [5.74, 6) is 0.962. The van der Waals surface area contributed by atoms with Gasteiger partial charge in [-0.2, -0.15) is 0 Å². The van der Waals surface area contributed by atoms with E-state index in [1.807, 2.05) is 6.92 Å². The van der Waals surface area contributed by atoms with Gasteiger partial charge in [0.15, 0.2) is 0 Å². The lowest BCUT2D eigenvalue weighted by Crippen LogP contribution is -2.22. The Bertz CT molecular complexity index is 599. The van der Waals surface area contributed by atoms with Crippen LogP contribution >= 0.6 is 0 Å². The first-order valence-corrected chi connectivity index (χ1v) is 8.06. The molecule has 3 heteroatoms. The highest BCUT2D eigenvalue weighted by molar-refractivity contribution is 5.87. The molecule has 0 saturated heterocycles. The average molecular weight is 288 g/mol. The predicted octanol–water partition coefficient (Wildman–Crippen LogP) is 4.26. The highest BCUT2D eigenvalue weighted by Gasteiger charge is 2.14. The van der Waals surface area contributed by atoms with Crippen LogP contribution in [0, 0.1) is 6.92 Å². The van der Waals surface area contributed by atoms with Gasteiger partial charge >= 0.3 is 0 Å². The van der Waals surface area contributed by atoms with Crippen LogP contribution in [0.15, 0.2) is 18.2 Å². The van der Waals surface area contributed by atoms with Gasteiger partial charge in [0.2, 0.25) is 0 Å². The molecule has 0 radical (unpaired) electrons. The van der Waals surface area contributed by atoms with E-state index in [1.54, 1.807) is 0 Å². The molecule has 1 N–H and O–H groups in total. The maximum Gasteiger partial charge on any atom is 0.120 e. The largest absolute Gasteiger partial charge is 0.494 e. The molecule has 0 saturated carbocycles. The van der Waals surface area contributed by atoms with Gasteiger partial charge in [-0.05, 0) is 44.0 Å². The summed E-state index contributed by atoms with van der Waals surface area (Å²) in [6.07, 6.45) is 1.15. The van der Waals surface area contributed by atoms with E-state index in [2.05, 4.69) is 55.8 Å². The first-order valence-electron chi connectivity index (χ1n) is 8.06. The second-order valence-electron chi connectivity index (χ2n) is 5.86. The Kier molecular flexibility index (Phi) is 5.29. The number of benzene rings is 1. The van der Waals surface area contributed by atoms with E-state index in [0.29, 0.717) is 12.6 Å². The molecule has 116 valence electrons. The molecule has 1 aromatic carbocycles. The average Bonchev–Trinajstić information content (AvgIpc) is 2.70. The van der Waals surface area contributed by atoms with Crippen molar-refractivity contribution in [2.24, 2.45) is 0 Å². The lowest BCUT2D eigenvalue weighted by atomic mass is 10.1. The number of nitrogens with zero attached hydrogens (tertiary/aromatic N) is 1.